The van der Waals surface area contributed by atoms with Crippen LogP contribution in [0.1, 0.15) is 23.1 Å². The van der Waals surface area contributed by atoms with Gasteiger partial charge in [-0.05, 0) is 46.4 Å². The minimum absolute atomic E-state index is 0.238. The number of amides is 1. The average Bonchev–Trinajstić information content (AvgIpc) is 3.02. The zero-order valence-corrected chi connectivity index (χ0v) is 14.2. The molecule has 0 aliphatic carbocycles. The zero-order chi connectivity index (χ0) is 17.2. The number of hydrogen-bond donors (Lipinski definition) is 1. The molecule has 126 valence electrons. The Morgan fingerprint density at radius 2 is 1.88 bits per heavy atom. The predicted molar refractivity (Wildman–Crippen MR) is 103 cm³/mol. The summed E-state index contributed by atoms with van der Waals surface area (Å²) in [6, 6.07) is 21.7. The van der Waals surface area contributed by atoms with Gasteiger partial charge in [-0.25, -0.2) is 0 Å². The number of hydrogen-bond acceptors (Lipinski definition) is 2. The maximum Gasteiger partial charge on any atom is 0.217 e. The third kappa shape index (κ3) is 3.22. The largest absolute Gasteiger partial charge is 0.370 e. The molecule has 0 radical (unpaired) electrons. The Balaban J connectivity index is 1.57. The SMILES string of the molecule is NC(=O)CCc1ccc2c(c1)CCN2Cc1cccc2ccccc12. The van der Waals surface area contributed by atoms with Crippen LogP contribution in [0.5, 0.6) is 0 Å². The number of nitrogens with two attached hydrogens (primary N) is 1. The second kappa shape index (κ2) is 6.60. The van der Waals surface area contributed by atoms with E-state index in [0.29, 0.717) is 6.42 Å². The van der Waals surface area contributed by atoms with Crippen molar-refractivity contribution in [3.63, 3.8) is 0 Å². The molecule has 3 aromatic carbocycles. The number of rotatable bonds is 5. The number of aryl methyl sites for hydroxylation is 1. The van der Waals surface area contributed by atoms with Gasteiger partial charge in [0.2, 0.25) is 5.91 Å². The van der Waals surface area contributed by atoms with Crippen LogP contribution in [0.4, 0.5) is 5.69 Å². The molecule has 0 bridgehead atoms. The minimum Gasteiger partial charge on any atom is -0.370 e. The van der Waals surface area contributed by atoms with E-state index in [9.17, 15) is 4.79 Å². The highest BCUT2D eigenvalue weighted by molar-refractivity contribution is 5.86. The molecule has 0 spiro atoms. The second-order valence-electron chi connectivity index (χ2n) is 6.74. The van der Waals surface area contributed by atoms with Gasteiger partial charge in [0, 0.05) is 25.2 Å². The van der Waals surface area contributed by atoms with Gasteiger partial charge < -0.3 is 10.6 Å². The van der Waals surface area contributed by atoms with Crippen molar-refractivity contribution >= 4 is 22.4 Å². The highest BCUT2D eigenvalue weighted by atomic mass is 16.1. The van der Waals surface area contributed by atoms with Crippen LogP contribution in [0.15, 0.2) is 60.7 Å². The Kier molecular flexibility index (Phi) is 4.14. The van der Waals surface area contributed by atoms with Gasteiger partial charge in [0.15, 0.2) is 0 Å². The van der Waals surface area contributed by atoms with Crippen molar-refractivity contribution in [1.29, 1.82) is 0 Å². The molecule has 0 atom stereocenters. The average molecular weight is 330 g/mol. The van der Waals surface area contributed by atoms with E-state index in [1.54, 1.807) is 0 Å². The molecule has 0 saturated heterocycles. The highest BCUT2D eigenvalue weighted by Gasteiger charge is 2.20. The van der Waals surface area contributed by atoms with Crippen LogP contribution in [0, 0.1) is 0 Å². The van der Waals surface area contributed by atoms with Crippen molar-refractivity contribution in [2.24, 2.45) is 5.73 Å². The topological polar surface area (TPSA) is 46.3 Å². The molecule has 3 aromatic rings. The molecular formula is C22H22N2O. The van der Waals surface area contributed by atoms with Crippen molar-refractivity contribution in [3.05, 3.63) is 77.4 Å². The normalized spacial score (nSPS) is 13.2. The lowest BCUT2D eigenvalue weighted by Gasteiger charge is -2.21. The standard InChI is InChI=1S/C22H22N2O/c23-22(25)11-9-16-8-10-21-18(14-16)12-13-24(21)15-19-6-3-5-17-4-1-2-7-20(17)19/h1-8,10,14H,9,11-13,15H2,(H2,23,25). The fraction of sp³-hybridized carbons (Fsp3) is 0.227. The Hall–Kier alpha value is -2.81. The maximum atomic E-state index is 11.0. The monoisotopic (exact) mass is 330 g/mol. The smallest absolute Gasteiger partial charge is 0.217 e. The number of carbonyl (C=O) groups is 1. The van der Waals surface area contributed by atoms with Crippen molar-refractivity contribution in [1.82, 2.24) is 0 Å². The molecule has 1 aliphatic rings. The molecule has 3 heteroatoms. The number of nitrogens with zero attached hydrogens (tertiary/aromatic N) is 1. The van der Waals surface area contributed by atoms with Gasteiger partial charge in [0.25, 0.3) is 0 Å². The van der Waals surface area contributed by atoms with Crippen molar-refractivity contribution < 1.29 is 4.79 Å². The molecule has 3 nitrogen and oxygen atoms in total. The first kappa shape index (κ1) is 15.7. The highest BCUT2D eigenvalue weighted by Crippen LogP contribution is 2.31. The van der Waals surface area contributed by atoms with Crippen LogP contribution < -0.4 is 10.6 Å². The summed E-state index contributed by atoms with van der Waals surface area (Å²) < 4.78 is 0. The fourth-order valence-electron chi connectivity index (χ4n) is 3.75. The summed E-state index contributed by atoms with van der Waals surface area (Å²) in [6.07, 6.45) is 2.20. The summed E-state index contributed by atoms with van der Waals surface area (Å²) in [7, 11) is 0. The van der Waals surface area contributed by atoms with Crippen molar-refractivity contribution in [3.8, 4) is 0 Å². The Labute approximate surface area is 148 Å². The first-order chi connectivity index (χ1) is 12.2. The third-order valence-electron chi connectivity index (χ3n) is 5.04. The molecule has 0 aromatic heterocycles. The van der Waals surface area contributed by atoms with Crippen LogP contribution in [-0.4, -0.2) is 12.5 Å². The van der Waals surface area contributed by atoms with Gasteiger partial charge in [0.1, 0.15) is 0 Å². The van der Waals surface area contributed by atoms with Crippen LogP contribution in [0.3, 0.4) is 0 Å². The first-order valence-corrected chi connectivity index (χ1v) is 8.82. The number of anilines is 1. The molecule has 0 unspecified atom stereocenters. The maximum absolute atomic E-state index is 11.0. The first-order valence-electron chi connectivity index (χ1n) is 8.82. The van der Waals surface area contributed by atoms with Gasteiger partial charge in [0.05, 0.1) is 0 Å². The Bertz CT molecular complexity index is 927. The Morgan fingerprint density at radius 1 is 1.04 bits per heavy atom. The van der Waals surface area contributed by atoms with E-state index in [1.807, 2.05) is 0 Å². The van der Waals surface area contributed by atoms with Crippen LogP contribution in [0.25, 0.3) is 10.8 Å². The van der Waals surface area contributed by atoms with Gasteiger partial charge in [-0.3, -0.25) is 4.79 Å². The second-order valence-corrected chi connectivity index (χ2v) is 6.74. The van der Waals surface area contributed by atoms with Gasteiger partial charge in [-0.1, -0.05) is 54.6 Å². The van der Waals surface area contributed by atoms with Crippen LogP contribution in [-0.2, 0) is 24.2 Å². The van der Waals surface area contributed by atoms with E-state index >= 15 is 0 Å². The molecule has 2 N–H and O–H groups in total. The van der Waals surface area contributed by atoms with Gasteiger partial charge >= 0.3 is 0 Å². The molecule has 4 rings (SSSR count). The summed E-state index contributed by atoms with van der Waals surface area (Å²) in [5, 5.41) is 2.62. The number of fused-ring (bicyclic) bond motifs is 2. The molecule has 1 aliphatic heterocycles. The number of benzene rings is 3. The molecule has 0 fully saturated rings. The summed E-state index contributed by atoms with van der Waals surface area (Å²) in [5.41, 5.74) is 10.5. The molecule has 0 saturated carbocycles. The number of primary amides is 1. The van der Waals surface area contributed by atoms with Crippen molar-refractivity contribution in [2.75, 3.05) is 11.4 Å². The molecule has 25 heavy (non-hydrogen) atoms. The van der Waals surface area contributed by atoms with Crippen LogP contribution >= 0.6 is 0 Å². The van der Waals surface area contributed by atoms with Crippen LogP contribution in [0.2, 0.25) is 0 Å². The predicted octanol–water partition coefficient (Wildman–Crippen LogP) is 3.82. The third-order valence-corrected chi connectivity index (χ3v) is 5.04. The molecular weight excluding hydrogens is 308 g/mol. The summed E-state index contributed by atoms with van der Waals surface area (Å²) in [5.74, 6) is -0.238. The molecule has 1 heterocycles. The molecule has 1 amide bonds. The number of carbonyl (C=O) groups excluding carboxylic acids is 1. The van der Waals surface area contributed by atoms with E-state index in [1.165, 1.54) is 33.2 Å². The van der Waals surface area contributed by atoms with E-state index in [2.05, 4.69) is 65.6 Å². The fourth-order valence-corrected chi connectivity index (χ4v) is 3.75. The summed E-state index contributed by atoms with van der Waals surface area (Å²) in [6.45, 7) is 1.97. The Morgan fingerprint density at radius 3 is 2.76 bits per heavy atom. The van der Waals surface area contributed by atoms with E-state index in [0.717, 1.165) is 25.9 Å². The summed E-state index contributed by atoms with van der Waals surface area (Å²) in [4.78, 5) is 13.4. The van der Waals surface area contributed by atoms with Gasteiger partial charge in [-0.2, -0.15) is 0 Å². The van der Waals surface area contributed by atoms with E-state index in [4.69, 9.17) is 5.73 Å². The van der Waals surface area contributed by atoms with Crippen molar-refractivity contribution in [2.45, 2.75) is 25.8 Å². The lowest BCUT2D eigenvalue weighted by Crippen LogP contribution is -2.19. The van der Waals surface area contributed by atoms with E-state index < -0.39 is 0 Å². The zero-order valence-electron chi connectivity index (χ0n) is 14.2. The minimum atomic E-state index is -0.238. The summed E-state index contributed by atoms with van der Waals surface area (Å²) >= 11 is 0. The lowest BCUT2D eigenvalue weighted by atomic mass is 10.0. The quantitative estimate of drug-likeness (QED) is 0.773. The van der Waals surface area contributed by atoms with E-state index in [-0.39, 0.29) is 5.91 Å². The lowest BCUT2D eigenvalue weighted by molar-refractivity contribution is -0.117. The van der Waals surface area contributed by atoms with Gasteiger partial charge in [-0.15, -0.1) is 0 Å².